The van der Waals surface area contributed by atoms with Crippen molar-refractivity contribution < 1.29 is 14.6 Å². The minimum Gasteiger partial charge on any atom is -0.459 e. The molecule has 0 bridgehead atoms. The van der Waals surface area contributed by atoms with E-state index in [1.54, 1.807) is 24.3 Å². The van der Waals surface area contributed by atoms with Crippen molar-refractivity contribution in [1.29, 1.82) is 0 Å². The van der Waals surface area contributed by atoms with Crippen LogP contribution in [0.1, 0.15) is 42.9 Å². The van der Waals surface area contributed by atoms with Crippen molar-refractivity contribution in [2.75, 3.05) is 0 Å². The van der Waals surface area contributed by atoms with Crippen molar-refractivity contribution in [3.63, 3.8) is 0 Å². The second kappa shape index (κ2) is 8.79. The van der Waals surface area contributed by atoms with Crippen LogP contribution in [0, 0.1) is 0 Å². The van der Waals surface area contributed by atoms with Gasteiger partial charge >= 0.3 is 5.97 Å². The molecular weight excluding hydrogens is 314 g/mol. The molecule has 0 aromatic heterocycles. The third-order valence-electron chi connectivity index (χ3n) is 4.72. The molecule has 4 heteroatoms. The van der Waals surface area contributed by atoms with Crippen LogP contribution < -0.4 is 5.32 Å². The van der Waals surface area contributed by atoms with Crippen molar-refractivity contribution in [3.05, 3.63) is 71.8 Å². The first-order chi connectivity index (χ1) is 12.2. The summed E-state index contributed by atoms with van der Waals surface area (Å²) in [7, 11) is 0. The van der Waals surface area contributed by atoms with Crippen LogP contribution in [0.4, 0.5) is 0 Å². The normalized spacial score (nSPS) is 21.5. The van der Waals surface area contributed by atoms with E-state index in [9.17, 15) is 9.90 Å². The Hall–Kier alpha value is -2.17. The Bertz CT molecular complexity index is 659. The summed E-state index contributed by atoms with van der Waals surface area (Å²) >= 11 is 0. The summed E-state index contributed by atoms with van der Waals surface area (Å²) in [6.07, 6.45) is 2.57. The van der Waals surface area contributed by atoms with Crippen molar-refractivity contribution in [2.45, 2.75) is 50.5 Å². The zero-order valence-electron chi connectivity index (χ0n) is 14.3. The number of esters is 1. The number of hydrogen-bond donors (Lipinski definition) is 2. The predicted octanol–water partition coefficient (Wildman–Crippen LogP) is 3.36. The summed E-state index contributed by atoms with van der Waals surface area (Å²) in [6.45, 7) is 0.751. The number of carbonyl (C=O) groups excluding carboxylic acids is 1. The van der Waals surface area contributed by atoms with Gasteiger partial charge in [-0.15, -0.1) is 0 Å². The lowest BCUT2D eigenvalue weighted by molar-refractivity contribution is -0.162. The van der Waals surface area contributed by atoms with Gasteiger partial charge in [0.25, 0.3) is 0 Å². The molecule has 2 unspecified atom stereocenters. The molecule has 2 N–H and O–H groups in total. The fourth-order valence-corrected chi connectivity index (χ4v) is 3.30. The molecule has 25 heavy (non-hydrogen) atoms. The number of ether oxygens (including phenoxy) is 1. The van der Waals surface area contributed by atoms with Gasteiger partial charge in [-0.1, -0.05) is 67.1 Å². The van der Waals surface area contributed by atoms with E-state index in [2.05, 4.69) is 17.4 Å². The van der Waals surface area contributed by atoms with Gasteiger partial charge in [0.1, 0.15) is 6.10 Å². The fourth-order valence-electron chi connectivity index (χ4n) is 3.30. The molecule has 0 saturated heterocycles. The summed E-state index contributed by atoms with van der Waals surface area (Å²) in [5.74, 6) is -0.565. The highest BCUT2D eigenvalue weighted by atomic mass is 16.6. The molecule has 0 heterocycles. The molecule has 0 spiro atoms. The van der Waals surface area contributed by atoms with Gasteiger partial charge in [-0.05, 0) is 30.4 Å². The van der Waals surface area contributed by atoms with E-state index in [1.165, 1.54) is 5.56 Å². The number of aliphatic hydroxyl groups is 1. The minimum atomic E-state index is -1.22. The van der Waals surface area contributed by atoms with E-state index < -0.39 is 12.1 Å². The Morgan fingerprint density at radius 1 is 1.04 bits per heavy atom. The molecule has 1 aliphatic carbocycles. The zero-order chi connectivity index (χ0) is 17.5. The quantitative estimate of drug-likeness (QED) is 0.792. The van der Waals surface area contributed by atoms with Gasteiger partial charge in [-0.25, -0.2) is 4.79 Å². The highest BCUT2D eigenvalue weighted by molar-refractivity contribution is 5.76. The molecule has 4 nitrogen and oxygen atoms in total. The first-order valence-corrected chi connectivity index (χ1v) is 8.95. The maximum absolute atomic E-state index is 12.3. The van der Waals surface area contributed by atoms with Crippen LogP contribution in [0.25, 0.3) is 0 Å². The molecule has 2 aromatic carbocycles. The maximum Gasteiger partial charge on any atom is 0.339 e. The van der Waals surface area contributed by atoms with Crippen LogP contribution in [-0.4, -0.2) is 23.2 Å². The van der Waals surface area contributed by atoms with Gasteiger partial charge in [-0.2, -0.15) is 0 Å². The monoisotopic (exact) mass is 339 g/mol. The Balaban J connectivity index is 1.58. The average Bonchev–Trinajstić information content (AvgIpc) is 2.68. The van der Waals surface area contributed by atoms with Gasteiger partial charge in [0.15, 0.2) is 6.10 Å². The first kappa shape index (κ1) is 17.6. The lowest BCUT2D eigenvalue weighted by Crippen LogP contribution is -2.44. The number of benzene rings is 2. The van der Waals surface area contributed by atoms with Crippen molar-refractivity contribution >= 4 is 5.97 Å². The largest absolute Gasteiger partial charge is 0.459 e. The van der Waals surface area contributed by atoms with Crippen LogP contribution >= 0.6 is 0 Å². The van der Waals surface area contributed by atoms with E-state index in [4.69, 9.17) is 4.74 Å². The van der Waals surface area contributed by atoms with Gasteiger partial charge < -0.3 is 15.2 Å². The zero-order valence-corrected chi connectivity index (χ0v) is 14.3. The third-order valence-corrected chi connectivity index (χ3v) is 4.72. The summed E-state index contributed by atoms with van der Waals surface area (Å²) < 4.78 is 5.66. The van der Waals surface area contributed by atoms with Crippen LogP contribution in [0.15, 0.2) is 60.7 Å². The molecule has 1 fully saturated rings. The molecule has 1 aliphatic rings. The van der Waals surface area contributed by atoms with Crippen LogP contribution in [0.5, 0.6) is 0 Å². The summed E-state index contributed by atoms with van der Waals surface area (Å²) in [5, 5.41) is 13.7. The lowest BCUT2D eigenvalue weighted by atomic mass is 9.92. The number of aliphatic hydroxyl groups excluding tert-OH is 1. The summed E-state index contributed by atoms with van der Waals surface area (Å²) in [5.41, 5.74) is 1.78. The molecule has 3 rings (SSSR count). The highest BCUT2D eigenvalue weighted by Gasteiger charge is 2.30. The Morgan fingerprint density at radius 2 is 1.68 bits per heavy atom. The third kappa shape index (κ3) is 4.91. The molecule has 3 atom stereocenters. The number of carbonyl (C=O) groups is 1. The van der Waals surface area contributed by atoms with Gasteiger partial charge in [-0.3, -0.25) is 0 Å². The smallest absolute Gasteiger partial charge is 0.339 e. The second-order valence-electron chi connectivity index (χ2n) is 6.55. The van der Waals surface area contributed by atoms with Crippen molar-refractivity contribution in [3.8, 4) is 0 Å². The van der Waals surface area contributed by atoms with E-state index in [-0.39, 0.29) is 12.1 Å². The van der Waals surface area contributed by atoms with Gasteiger partial charge in [0, 0.05) is 12.6 Å². The summed E-state index contributed by atoms with van der Waals surface area (Å²) in [4.78, 5) is 12.3. The SMILES string of the molecule is O=C(OC1CCCCC1NCc1ccccc1)[C@H](O)c1ccccc1. The Morgan fingerprint density at radius 3 is 2.40 bits per heavy atom. The molecule has 0 amide bonds. The molecule has 1 saturated carbocycles. The minimum absolute atomic E-state index is 0.126. The first-order valence-electron chi connectivity index (χ1n) is 8.95. The van der Waals surface area contributed by atoms with E-state index in [0.29, 0.717) is 5.56 Å². The van der Waals surface area contributed by atoms with E-state index in [0.717, 1.165) is 32.2 Å². The van der Waals surface area contributed by atoms with E-state index in [1.807, 2.05) is 24.3 Å². The topological polar surface area (TPSA) is 58.6 Å². The number of rotatable bonds is 6. The van der Waals surface area contributed by atoms with E-state index >= 15 is 0 Å². The number of nitrogens with one attached hydrogen (secondary N) is 1. The predicted molar refractivity (Wildman–Crippen MR) is 96.8 cm³/mol. The number of hydrogen-bond acceptors (Lipinski definition) is 4. The Labute approximate surface area is 148 Å². The molecular formula is C21H25NO3. The van der Waals surface area contributed by atoms with Gasteiger partial charge in [0.05, 0.1) is 0 Å². The summed E-state index contributed by atoms with van der Waals surface area (Å²) in [6, 6.07) is 19.2. The van der Waals surface area contributed by atoms with Crippen molar-refractivity contribution in [2.24, 2.45) is 0 Å². The van der Waals surface area contributed by atoms with Crippen LogP contribution in [0.3, 0.4) is 0 Å². The van der Waals surface area contributed by atoms with Crippen LogP contribution in [-0.2, 0) is 16.1 Å². The average molecular weight is 339 g/mol. The van der Waals surface area contributed by atoms with Crippen molar-refractivity contribution in [1.82, 2.24) is 5.32 Å². The molecule has 2 aromatic rings. The Kier molecular flexibility index (Phi) is 6.20. The fraction of sp³-hybridized carbons (Fsp3) is 0.381. The highest BCUT2D eigenvalue weighted by Crippen LogP contribution is 2.24. The van der Waals surface area contributed by atoms with Gasteiger partial charge in [0.2, 0.25) is 0 Å². The molecule has 0 radical (unpaired) electrons. The lowest BCUT2D eigenvalue weighted by Gasteiger charge is -2.32. The maximum atomic E-state index is 12.3. The molecule has 132 valence electrons. The van der Waals surface area contributed by atoms with Crippen LogP contribution in [0.2, 0.25) is 0 Å². The second-order valence-corrected chi connectivity index (χ2v) is 6.55. The molecule has 0 aliphatic heterocycles. The standard InChI is InChI=1S/C21H25NO3/c23-20(17-11-5-2-6-12-17)21(24)25-19-14-8-7-13-18(19)22-15-16-9-3-1-4-10-16/h1-6,9-12,18-20,22-23H,7-8,13-15H2/t18?,19?,20-/m1/s1.